The third kappa shape index (κ3) is 6.11. The number of rotatable bonds is 9. The number of fused-ring (bicyclic) bond motifs is 8. The minimum atomic E-state index is 0.112. The Hall–Kier alpha value is -5.83. The van der Waals surface area contributed by atoms with Crippen molar-refractivity contribution in [3.05, 3.63) is 212 Å². The SMILES string of the molecule is C=C/C=C\C(=C)C(=C)/C=C\C(=C)c1ccccccc(C(=C)CC2C(=C)Sc3c2ccc2ccc4c5ccccc5oc4c32)c2ccccc12. The molecule has 0 saturated carbocycles. The number of furan rings is 1. The highest BCUT2D eigenvalue weighted by atomic mass is 32.2. The summed E-state index contributed by atoms with van der Waals surface area (Å²) in [5, 5.41) is 6.81. The summed E-state index contributed by atoms with van der Waals surface area (Å²) in [7, 11) is 0. The molecule has 0 saturated heterocycles. The Balaban J connectivity index is 1.29. The number of para-hydroxylation sites is 1. The average Bonchev–Trinajstić information content (AvgIpc) is 3.67. The zero-order chi connectivity index (χ0) is 34.8. The first kappa shape index (κ1) is 32.7. The van der Waals surface area contributed by atoms with Crippen LogP contribution in [0.4, 0.5) is 0 Å². The van der Waals surface area contributed by atoms with E-state index in [1.165, 1.54) is 15.8 Å². The molecule has 1 aromatic heterocycles. The topological polar surface area (TPSA) is 13.1 Å². The summed E-state index contributed by atoms with van der Waals surface area (Å²) in [6.07, 6.45) is 10.2. The van der Waals surface area contributed by atoms with E-state index in [4.69, 9.17) is 11.0 Å². The first-order valence-corrected chi connectivity index (χ1v) is 17.5. The predicted octanol–water partition coefficient (Wildman–Crippen LogP) is 14.2. The van der Waals surface area contributed by atoms with E-state index in [-0.39, 0.29) is 5.92 Å². The van der Waals surface area contributed by atoms with Gasteiger partial charge in [-0.2, -0.15) is 0 Å². The minimum absolute atomic E-state index is 0.112. The summed E-state index contributed by atoms with van der Waals surface area (Å²) in [6.45, 7) is 25.8. The van der Waals surface area contributed by atoms with Gasteiger partial charge in [0.05, 0.1) is 0 Å². The summed E-state index contributed by atoms with van der Waals surface area (Å²) < 4.78 is 6.50. The van der Waals surface area contributed by atoms with E-state index in [1.807, 2.05) is 42.5 Å². The molecule has 1 nitrogen and oxygen atoms in total. The number of benzene rings is 4. The standard InChI is InChI=1S/C48H38OS/c1-7-8-17-31(2)32(3)24-25-33(4)37-18-11-9-10-12-19-38(40-21-14-13-20-39(37)40)34(5)30-44-35(6)50-48-43(44)29-27-36-26-28-42-41-22-15-16-23-45(41)49-47(42)46(36)48/h7-29,44H,1-6,30H2/b10-9?,11-9?,12-10?,17-8-,18-11?,19-12?,25-24-,37-18?,38-19?,39-37?,40-38?. The number of hydrogen-bond donors (Lipinski definition) is 0. The van der Waals surface area contributed by atoms with Crippen LogP contribution < -0.4 is 0 Å². The minimum Gasteiger partial charge on any atom is -0.455 e. The second-order valence-corrected chi connectivity index (χ2v) is 13.7. The van der Waals surface area contributed by atoms with Crippen LogP contribution >= 0.6 is 11.8 Å². The van der Waals surface area contributed by atoms with Gasteiger partial charge in [-0.15, -0.1) is 0 Å². The summed E-state index contributed by atoms with van der Waals surface area (Å²) in [5.41, 5.74) is 8.80. The third-order valence-electron chi connectivity index (χ3n) is 9.38. The molecule has 0 radical (unpaired) electrons. The molecule has 1 atom stereocenters. The molecule has 7 rings (SSSR count). The molecule has 6 aromatic rings. The first-order valence-electron chi connectivity index (χ1n) is 16.7. The normalized spacial score (nSPS) is 14.1. The molecule has 0 amide bonds. The van der Waals surface area contributed by atoms with Crippen molar-refractivity contribution in [1.82, 2.24) is 0 Å². The maximum atomic E-state index is 6.50. The monoisotopic (exact) mass is 662 g/mol. The Morgan fingerprint density at radius 2 is 1.30 bits per heavy atom. The van der Waals surface area contributed by atoms with Crippen molar-refractivity contribution in [2.45, 2.75) is 17.2 Å². The number of allylic oxidation sites excluding steroid dienone is 10. The van der Waals surface area contributed by atoms with Crippen molar-refractivity contribution in [2.24, 2.45) is 0 Å². The van der Waals surface area contributed by atoms with Gasteiger partial charge in [0.25, 0.3) is 0 Å². The number of thioether (sulfide) groups is 1. The van der Waals surface area contributed by atoms with Crippen molar-refractivity contribution in [1.29, 1.82) is 0 Å². The Morgan fingerprint density at radius 3 is 2.06 bits per heavy atom. The summed E-state index contributed by atoms with van der Waals surface area (Å²) >= 11 is 1.77. The van der Waals surface area contributed by atoms with E-state index >= 15 is 0 Å². The van der Waals surface area contributed by atoms with Gasteiger partial charge in [-0.1, -0.05) is 179 Å². The van der Waals surface area contributed by atoms with Crippen molar-refractivity contribution in [3.8, 4) is 0 Å². The van der Waals surface area contributed by atoms with Crippen LogP contribution in [0.25, 0.3) is 54.6 Å². The first-order chi connectivity index (χ1) is 24.4. The van der Waals surface area contributed by atoms with Crippen LogP contribution in [0.3, 0.4) is 0 Å². The highest BCUT2D eigenvalue weighted by Gasteiger charge is 2.30. The van der Waals surface area contributed by atoms with Crippen molar-refractivity contribution in [3.63, 3.8) is 0 Å². The quantitative estimate of drug-likeness (QED) is 0.143. The average molecular weight is 663 g/mol. The van der Waals surface area contributed by atoms with Gasteiger partial charge in [-0.25, -0.2) is 0 Å². The molecule has 2 heterocycles. The fourth-order valence-electron chi connectivity index (χ4n) is 6.76. The van der Waals surface area contributed by atoms with Gasteiger partial charge in [-0.3, -0.25) is 0 Å². The predicted molar refractivity (Wildman–Crippen MR) is 220 cm³/mol. The fraction of sp³-hybridized carbons (Fsp3) is 0.0417. The van der Waals surface area contributed by atoms with E-state index < -0.39 is 0 Å². The molecular formula is C48H38OS. The second kappa shape index (κ2) is 14.0. The van der Waals surface area contributed by atoms with Crippen LogP contribution in [0.5, 0.6) is 0 Å². The van der Waals surface area contributed by atoms with Crippen LogP contribution in [0, 0.1) is 0 Å². The summed E-state index contributed by atoms with van der Waals surface area (Å²) in [6, 6.07) is 38.2. The Morgan fingerprint density at radius 1 is 0.660 bits per heavy atom. The molecule has 1 aliphatic rings. The molecule has 242 valence electrons. The van der Waals surface area contributed by atoms with Gasteiger partial charge in [0.2, 0.25) is 0 Å². The number of hydrogen-bond acceptors (Lipinski definition) is 2. The van der Waals surface area contributed by atoms with Gasteiger partial charge >= 0.3 is 0 Å². The third-order valence-corrected chi connectivity index (χ3v) is 10.6. The maximum Gasteiger partial charge on any atom is 0.144 e. The Labute approximate surface area is 298 Å². The molecule has 1 unspecified atom stereocenters. The molecule has 0 bridgehead atoms. The molecule has 50 heavy (non-hydrogen) atoms. The zero-order valence-electron chi connectivity index (χ0n) is 28.1. The lowest BCUT2D eigenvalue weighted by Crippen LogP contribution is -1.98. The van der Waals surface area contributed by atoms with Gasteiger partial charge in [0.15, 0.2) is 0 Å². The molecule has 1 aliphatic heterocycles. The Kier molecular flexibility index (Phi) is 9.13. The van der Waals surface area contributed by atoms with Crippen LogP contribution in [0.2, 0.25) is 0 Å². The second-order valence-electron chi connectivity index (χ2n) is 12.5. The molecule has 0 fully saturated rings. The molecule has 0 aliphatic carbocycles. The molecule has 0 spiro atoms. The zero-order valence-corrected chi connectivity index (χ0v) is 28.9. The van der Waals surface area contributed by atoms with Crippen molar-refractivity contribution in [2.75, 3.05) is 0 Å². The largest absolute Gasteiger partial charge is 0.455 e. The van der Waals surface area contributed by atoms with Crippen molar-refractivity contribution < 1.29 is 4.42 Å². The lowest BCUT2D eigenvalue weighted by molar-refractivity contribution is 0.672. The van der Waals surface area contributed by atoms with Crippen LogP contribution in [0.15, 0.2) is 204 Å². The molecular weight excluding hydrogens is 625 g/mol. The van der Waals surface area contributed by atoms with Gasteiger partial charge in [-0.05, 0) is 78.6 Å². The van der Waals surface area contributed by atoms with E-state index in [2.05, 4.69) is 124 Å². The van der Waals surface area contributed by atoms with E-state index in [1.54, 1.807) is 17.8 Å². The lowest BCUT2D eigenvalue weighted by Gasteiger charge is -2.16. The molecule has 2 heteroatoms. The molecule has 5 aromatic carbocycles. The molecule has 0 N–H and O–H groups in total. The van der Waals surface area contributed by atoms with E-state index in [0.717, 1.165) is 82.8 Å². The van der Waals surface area contributed by atoms with E-state index in [9.17, 15) is 0 Å². The van der Waals surface area contributed by atoms with Gasteiger partial charge in [0.1, 0.15) is 11.2 Å². The summed E-state index contributed by atoms with van der Waals surface area (Å²) in [5.74, 6) is 0.112. The smallest absolute Gasteiger partial charge is 0.144 e. The van der Waals surface area contributed by atoms with Crippen LogP contribution in [-0.4, -0.2) is 0 Å². The van der Waals surface area contributed by atoms with Crippen LogP contribution in [0.1, 0.15) is 29.0 Å². The maximum absolute atomic E-state index is 6.50. The van der Waals surface area contributed by atoms with Crippen molar-refractivity contribution >= 4 is 66.4 Å². The highest BCUT2D eigenvalue weighted by molar-refractivity contribution is 8.03. The van der Waals surface area contributed by atoms with Gasteiger partial charge in [0, 0.05) is 27.0 Å². The van der Waals surface area contributed by atoms with Crippen LogP contribution in [-0.2, 0) is 0 Å². The fourth-order valence-corrected chi connectivity index (χ4v) is 8.01. The summed E-state index contributed by atoms with van der Waals surface area (Å²) in [4.78, 5) is 2.36. The van der Waals surface area contributed by atoms with Gasteiger partial charge < -0.3 is 4.42 Å². The highest BCUT2D eigenvalue weighted by Crippen LogP contribution is 2.55. The van der Waals surface area contributed by atoms with E-state index in [0.29, 0.717) is 0 Å². The Bertz CT molecular complexity index is 2550. The lowest BCUT2D eigenvalue weighted by atomic mass is 9.87.